The number of rotatable bonds is 2. The largest absolute Gasteiger partial charge is 0.504 e. The number of hydrogen-bond acceptors (Lipinski definition) is 4. The van der Waals surface area contributed by atoms with Crippen LogP contribution in [0.2, 0.25) is 0 Å². The fourth-order valence-corrected chi connectivity index (χ4v) is 4.01. The maximum absolute atomic E-state index is 13.0. The molecule has 2 amide bonds. The highest BCUT2D eigenvalue weighted by Gasteiger charge is 2.49. The average Bonchev–Trinajstić information content (AvgIpc) is 2.92. The van der Waals surface area contributed by atoms with Crippen molar-refractivity contribution < 1.29 is 19.4 Å². The number of anilines is 1. The van der Waals surface area contributed by atoms with Crippen molar-refractivity contribution in [3.05, 3.63) is 53.6 Å². The first kappa shape index (κ1) is 16.4. The van der Waals surface area contributed by atoms with Gasteiger partial charge in [-0.15, -0.1) is 0 Å². The summed E-state index contributed by atoms with van der Waals surface area (Å²) >= 11 is 0. The van der Waals surface area contributed by atoms with Crippen LogP contribution in [0.1, 0.15) is 28.8 Å². The normalized spacial score (nSPS) is 21.4. The van der Waals surface area contributed by atoms with Gasteiger partial charge in [-0.25, -0.2) is 0 Å². The molecule has 2 aliphatic heterocycles. The highest BCUT2D eigenvalue weighted by Crippen LogP contribution is 2.43. The summed E-state index contributed by atoms with van der Waals surface area (Å²) in [5.41, 5.74) is 1.47. The van der Waals surface area contributed by atoms with Crippen molar-refractivity contribution in [1.82, 2.24) is 4.90 Å². The van der Waals surface area contributed by atoms with Crippen molar-refractivity contribution in [2.75, 3.05) is 25.5 Å². The van der Waals surface area contributed by atoms with Crippen LogP contribution in [0.4, 0.5) is 5.69 Å². The molecule has 0 radical (unpaired) electrons. The molecule has 0 aromatic heterocycles. The molecule has 0 bridgehead atoms. The third-order valence-corrected chi connectivity index (χ3v) is 5.33. The van der Waals surface area contributed by atoms with Gasteiger partial charge in [-0.05, 0) is 42.7 Å². The van der Waals surface area contributed by atoms with Gasteiger partial charge < -0.3 is 20.1 Å². The topological polar surface area (TPSA) is 78.9 Å². The lowest BCUT2D eigenvalue weighted by molar-refractivity contribution is -0.122. The summed E-state index contributed by atoms with van der Waals surface area (Å²) in [6, 6.07) is 12.3. The standard InChI is InChI=1S/C20H20N2O4/c1-26-17-8-7-13(11-16(17)23)18(24)22-10-4-9-20(12-22)14-5-2-3-6-15(14)21-19(20)25/h2-3,5-8,11,23H,4,9-10,12H2,1H3,(H,21,25). The molecule has 2 aromatic carbocycles. The quantitative estimate of drug-likeness (QED) is 0.871. The Morgan fingerprint density at radius 2 is 2.08 bits per heavy atom. The molecular weight excluding hydrogens is 332 g/mol. The summed E-state index contributed by atoms with van der Waals surface area (Å²) in [4.78, 5) is 27.4. The van der Waals surface area contributed by atoms with E-state index in [1.807, 2.05) is 24.3 Å². The number of piperidine rings is 1. The minimum atomic E-state index is -0.695. The van der Waals surface area contributed by atoms with E-state index in [9.17, 15) is 14.7 Å². The average molecular weight is 352 g/mol. The Morgan fingerprint density at radius 1 is 1.27 bits per heavy atom. The molecule has 6 heteroatoms. The molecule has 0 aliphatic carbocycles. The smallest absolute Gasteiger partial charge is 0.254 e. The number of ether oxygens (including phenoxy) is 1. The number of para-hydroxylation sites is 1. The number of hydrogen-bond donors (Lipinski definition) is 2. The monoisotopic (exact) mass is 352 g/mol. The molecule has 2 aromatic rings. The third kappa shape index (κ3) is 2.41. The molecule has 1 atom stereocenters. The van der Waals surface area contributed by atoms with E-state index in [-0.39, 0.29) is 17.6 Å². The predicted molar refractivity (Wildman–Crippen MR) is 96.5 cm³/mol. The zero-order valence-electron chi connectivity index (χ0n) is 14.5. The Morgan fingerprint density at radius 3 is 2.85 bits per heavy atom. The molecule has 1 spiro atoms. The second-order valence-corrected chi connectivity index (χ2v) is 6.80. The number of carbonyl (C=O) groups excluding carboxylic acids is 2. The van der Waals surface area contributed by atoms with Crippen LogP contribution in [0.3, 0.4) is 0 Å². The first-order chi connectivity index (χ1) is 12.5. The molecule has 2 aliphatic rings. The van der Waals surface area contributed by atoms with Gasteiger partial charge in [0.15, 0.2) is 11.5 Å². The van der Waals surface area contributed by atoms with E-state index in [4.69, 9.17) is 4.74 Å². The van der Waals surface area contributed by atoms with Crippen molar-refractivity contribution in [1.29, 1.82) is 0 Å². The molecule has 2 heterocycles. The molecular formula is C20H20N2O4. The number of methoxy groups -OCH3 is 1. The number of likely N-dealkylation sites (tertiary alicyclic amines) is 1. The van der Waals surface area contributed by atoms with Crippen LogP contribution in [0.5, 0.6) is 11.5 Å². The Bertz CT molecular complexity index is 895. The van der Waals surface area contributed by atoms with Gasteiger partial charge in [-0.1, -0.05) is 18.2 Å². The van der Waals surface area contributed by atoms with Crippen LogP contribution in [-0.2, 0) is 10.2 Å². The van der Waals surface area contributed by atoms with E-state index in [0.717, 1.165) is 17.7 Å². The van der Waals surface area contributed by atoms with Gasteiger partial charge in [0.05, 0.1) is 12.5 Å². The summed E-state index contributed by atoms with van der Waals surface area (Å²) < 4.78 is 5.03. The zero-order chi connectivity index (χ0) is 18.3. The van der Waals surface area contributed by atoms with Gasteiger partial charge in [0.25, 0.3) is 5.91 Å². The molecule has 6 nitrogen and oxygen atoms in total. The van der Waals surface area contributed by atoms with Crippen molar-refractivity contribution in [3.63, 3.8) is 0 Å². The Balaban J connectivity index is 1.64. The van der Waals surface area contributed by atoms with Crippen molar-refractivity contribution in [2.45, 2.75) is 18.3 Å². The minimum absolute atomic E-state index is 0.0474. The molecule has 134 valence electrons. The third-order valence-electron chi connectivity index (χ3n) is 5.33. The number of benzene rings is 2. The Hall–Kier alpha value is -3.02. The lowest BCUT2D eigenvalue weighted by atomic mass is 9.75. The minimum Gasteiger partial charge on any atom is -0.504 e. The van der Waals surface area contributed by atoms with Crippen LogP contribution in [-0.4, -0.2) is 42.0 Å². The molecule has 1 unspecified atom stereocenters. The van der Waals surface area contributed by atoms with Crippen molar-refractivity contribution >= 4 is 17.5 Å². The van der Waals surface area contributed by atoms with Gasteiger partial charge in [-0.2, -0.15) is 0 Å². The first-order valence-electron chi connectivity index (χ1n) is 8.62. The Kier molecular flexibility index (Phi) is 3.83. The van der Waals surface area contributed by atoms with Gasteiger partial charge in [0.2, 0.25) is 5.91 Å². The van der Waals surface area contributed by atoms with Crippen molar-refractivity contribution in [2.24, 2.45) is 0 Å². The van der Waals surface area contributed by atoms with E-state index in [1.165, 1.54) is 13.2 Å². The highest BCUT2D eigenvalue weighted by molar-refractivity contribution is 6.07. The maximum Gasteiger partial charge on any atom is 0.254 e. The Labute approximate surface area is 151 Å². The SMILES string of the molecule is COc1ccc(C(=O)N2CCCC3(C2)C(=O)Nc2ccccc23)cc1O. The van der Waals surface area contributed by atoms with E-state index in [2.05, 4.69) is 5.32 Å². The number of nitrogens with zero attached hydrogens (tertiary/aromatic N) is 1. The van der Waals surface area contributed by atoms with Crippen LogP contribution < -0.4 is 10.1 Å². The van der Waals surface area contributed by atoms with E-state index < -0.39 is 5.41 Å². The van der Waals surface area contributed by atoms with Crippen LogP contribution >= 0.6 is 0 Å². The summed E-state index contributed by atoms with van der Waals surface area (Å²) in [5.74, 6) is 0.00257. The number of amides is 2. The summed E-state index contributed by atoms with van der Waals surface area (Å²) in [7, 11) is 1.46. The predicted octanol–water partition coefficient (Wildman–Crippen LogP) is 2.53. The van der Waals surface area contributed by atoms with Crippen LogP contribution in [0.25, 0.3) is 0 Å². The molecule has 1 fully saturated rings. The van der Waals surface area contributed by atoms with Gasteiger partial charge in [0, 0.05) is 24.3 Å². The number of phenols is 1. The van der Waals surface area contributed by atoms with Crippen molar-refractivity contribution in [3.8, 4) is 11.5 Å². The maximum atomic E-state index is 13.0. The number of nitrogens with one attached hydrogen (secondary N) is 1. The van der Waals surface area contributed by atoms with E-state index >= 15 is 0 Å². The number of carbonyl (C=O) groups is 2. The summed E-state index contributed by atoms with van der Waals surface area (Å²) in [6.45, 7) is 0.921. The lowest BCUT2D eigenvalue weighted by Gasteiger charge is -2.39. The second-order valence-electron chi connectivity index (χ2n) is 6.80. The number of fused-ring (bicyclic) bond motifs is 2. The summed E-state index contributed by atoms with van der Waals surface area (Å²) in [5, 5.41) is 12.9. The molecule has 26 heavy (non-hydrogen) atoms. The van der Waals surface area contributed by atoms with Gasteiger partial charge in [-0.3, -0.25) is 9.59 Å². The highest BCUT2D eigenvalue weighted by atomic mass is 16.5. The van der Waals surface area contributed by atoms with Gasteiger partial charge >= 0.3 is 0 Å². The molecule has 0 saturated carbocycles. The first-order valence-corrected chi connectivity index (χ1v) is 8.62. The van der Waals surface area contributed by atoms with Crippen LogP contribution in [0, 0.1) is 0 Å². The van der Waals surface area contributed by atoms with Gasteiger partial charge in [0.1, 0.15) is 0 Å². The zero-order valence-corrected chi connectivity index (χ0v) is 14.5. The van der Waals surface area contributed by atoms with E-state index in [0.29, 0.717) is 30.8 Å². The lowest BCUT2D eigenvalue weighted by Crippen LogP contribution is -2.51. The van der Waals surface area contributed by atoms with E-state index in [1.54, 1.807) is 17.0 Å². The van der Waals surface area contributed by atoms with Crippen LogP contribution in [0.15, 0.2) is 42.5 Å². The number of phenolic OH excluding ortho intramolecular Hbond substituents is 1. The molecule has 4 rings (SSSR count). The molecule has 1 saturated heterocycles. The second kappa shape index (κ2) is 6.05. The number of aromatic hydroxyl groups is 1. The summed E-state index contributed by atoms with van der Waals surface area (Å²) in [6.07, 6.45) is 1.46. The fraction of sp³-hybridized carbons (Fsp3) is 0.300. The fourth-order valence-electron chi connectivity index (χ4n) is 4.01. The molecule has 2 N–H and O–H groups in total.